The number of piperidine rings is 1. The van der Waals surface area contributed by atoms with Gasteiger partial charge >= 0.3 is 0 Å². The molecule has 2 amide bonds. The predicted molar refractivity (Wildman–Crippen MR) is 161 cm³/mol. The van der Waals surface area contributed by atoms with Crippen LogP contribution in [0.15, 0.2) is 77.8 Å². The molecule has 214 valence electrons. The van der Waals surface area contributed by atoms with Crippen molar-refractivity contribution in [3.63, 3.8) is 0 Å². The Morgan fingerprint density at radius 2 is 1.80 bits per heavy atom. The maximum absolute atomic E-state index is 13.8. The first-order chi connectivity index (χ1) is 19.8. The van der Waals surface area contributed by atoms with Gasteiger partial charge in [-0.2, -0.15) is 0 Å². The number of likely N-dealkylation sites (tertiary alicyclic amines) is 1. The van der Waals surface area contributed by atoms with E-state index in [1.807, 2.05) is 60.4 Å². The van der Waals surface area contributed by atoms with E-state index >= 15 is 0 Å². The molecule has 1 unspecified atom stereocenters. The zero-order valence-corrected chi connectivity index (χ0v) is 24.1. The SMILES string of the molecule is COc1ccc(CNCc2ccccc2)c(-c2cccc(C3(C)N=C(N)N(CC4CCN(C(C)=O)CC4)C3=O)c2)c1. The second-order valence-corrected chi connectivity index (χ2v) is 11.1. The molecular formula is C33H39N5O3. The van der Waals surface area contributed by atoms with E-state index in [0.29, 0.717) is 26.2 Å². The number of methoxy groups -OCH3 is 1. The van der Waals surface area contributed by atoms with Crippen molar-refractivity contribution >= 4 is 17.8 Å². The Kier molecular flexibility index (Phi) is 8.40. The maximum atomic E-state index is 13.8. The van der Waals surface area contributed by atoms with Gasteiger partial charge in [0.1, 0.15) is 5.75 Å². The first-order valence-corrected chi connectivity index (χ1v) is 14.2. The molecule has 2 heterocycles. The van der Waals surface area contributed by atoms with Crippen LogP contribution in [0.5, 0.6) is 5.75 Å². The predicted octanol–water partition coefficient (Wildman–Crippen LogP) is 4.28. The highest BCUT2D eigenvalue weighted by molar-refractivity contribution is 6.07. The van der Waals surface area contributed by atoms with Gasteiger partial charge in [0.25, 0.3) is 5.91 Å². The standard InChI is InChI=1S/C33H39N5O3/c1-23(39)37-16-14-25(15-17-37)22-38-31(40)33(2,36-32(38)34)28-11-7-10-26(18-28)30-19-29(41-3)13-12-27(30)21-35-20-24-8-5-4-6-9-24/h4-13,18-19,25,35H,14-17,20-22H2,1-3H3,(H2,34,36). The molecule has 0 aromatic heterocycles. The molecule has 0 bridgehead atoms. The molecule has 1 atom stereocenters. The van der Waals surface area contributed by atoms with Gasteiger partial charge in [-0.1, -0.05) is 54.6 Å². The summed E-state index contributed by atoms with van der Waals surface area (Å²) in [7, 11) is 1.66. The number of ether oxygens (including phenoxy) is 1. The largest absolute Gasteiger partial charge is 0.497 e. The summed E-state index contributed by atoms with van der Waals surface area (Å²) < 4.78 is 5.55. The van der Waals surface area contributed by atoms with Crippen LogP contribution in [0.4, 0.5) is 0 Å². The minimum Gasteiger partial charge on any atom is -0.497 e. The van der Waals surface area contributed by atoms with Crippen molar-refractivity contribution in [1.82, 2.24) is 15.1 Å². The van der Waals surface area contributed by atoms with E-state index < -0.39 is 5.54 Å². The molecule has 0 radical (unpaired) electrons. The highest BCUT2D eigenvalue weighted by atomic mass is 16.5. The Bertz CT molecular complexity index is 1430. The van der Waals surface area contributed by atoms with Crippen LogP contribution in [0.3, 0.4) is 0 Å². The molecule has 1 fully saturated rings. The number of benzene rings is 3. The van der Waals surface area contributed by atoms with Gasteiger partial charge in [0, 0.05) is 39.6 Å². The summed E-state index contributed by atoms with van der Waals surface area (Å²) in [5.41, 5.74) is 10.4. The normalized spacial score (nSPS) is 19.4. The molecule has 2 aliphatic heterocycles. The number of rotatable bonds is 9. The van der Waals surface area contributed by atoms with E-state index in [2.05, 4.69) is 29.6 Å². The number of hydrogen-bond acceptors (Lipinski definition) is 6. The van der Waals surface area contributed by atoms with E-state index in [0.717, 1.165) is 47.4 Å². The fourth-order valence-corrected chi connectivity index (χ4v) is 5.79. The number of carbonyl (C=O) groups excluding carboxylic acids is 2. The van der Waals surface area contributed by atoms with Crippen LogP contribution in [-0.4, -0.2) is 54.3 Å². The van der Waals surface area contributed by atoms with Gasteiger partial charge in [-0.15, -0.1) is 0 Å². The Balaban J connectivity index is 1.35. The molecule has 1 saturated heterocycles. The van der Waals surface area contributed by atoms with Crippen LogP contribution in [0.25, 0.3) is 11.1 Å². The van der Waals surface area contributed by atoms with Crippen LogP contribution < -0.4 is 15.8 Å². The number of aliphatic imine (C=N–C) groups is 1. The van der Waals surface area contributed by atoms with E-state index in [1.54, 1.807) is 18.9 Å². The molecule has 5 rings (SSSR count). The third-order valence-corrected chi connectivity index (χ3v) is 8.32. The molecule has 3 N–H and O–H groups in total. The lowest BCUT2D eigenvalue weighted by molar-refractivity contribution is -0.133. The van der Waals surface area contributed by atoms with Gasteiger partial charge in [0.05, 0.1) is 7.11 Å². The number of nitrogens with two attached hydrogens (primary N) is 1. The van der Waals surface area contributed by atoms with Crippen molar-refractivity contribution in [3.8, 4) is 16.9 Å². The summed E-state index contributed by atoms with van der Waals surface area (Å²) in [6.45, 7) is 6.82. The first kappa shape index (κ1) is 28.4. The zero-order valence-electron chi connectivity index (χ0n) is 24.1. The van der Waals surface area contributed by atoms with Gasteiger partial charge in [-0.25, -0.2) is 4.99 Å². The molecular weight excluding hydrogens is 514 g/mol. The molecule has 3 aromatic carbocycles. The molecule has 8 nitrogen and oxygen atoms in total. The monoisotopic (exact) mass is 553 g/mol. The van der Waals surface area contributed by atoms with Crippen LogP contribution in [0.2, 0.25) is 0 Å². The van der Waals surface area contributed by atoms with E-state index in [4.69, 9.17) is 15.5 Å². The van der Waals surface area contributed by atoms with Crippen molar-refractivity contribution in [2.45, 2.75) is 45.3 Å². The fourth-order valence-electron chi connectivity index (χ4n) is 5.79. The summed E-state index contributed by atoms with van der Waals surface area (Å²) in [4.78, 5) is 33.7. The Morgan fingerprint density at radius 3 is 2.51 bits per heavy atom. The topological polar surface area (TPSA) is 100 Å². The van der Waals surface area contributed by atoms with E-state index in [-0.39, 0.29) is 23.7 Å². The van der Waals surface area contributed by atoms with Gasteiger partial charge in [0.15, 0.2) is 11.5 Å². The van der Waals surface area contributed by atoms with Crippen molar-refractivity contribution in [3.05, 3.63) is 89.5 Å². The molecule has 8 heteroatoms. The maximum Gasteiger partial charge on any atom is 0.261 e. The van der Waals surface area contributed by atoms with Gasteiger partial charge < -0.3 is 20.7 Å². The van der Waals surface area contributed by atoms with E-state index in [1.165, 1.54) is 5.56 Å². The quantitative estimate of drug-likeness (QED) is 0.412. The first-order valence-electron chi connectivity index (χ1n) is 14.2. The third kappa shape index (κ3) is 6.12. The lowest BCUT2D eigenvalue weighted by Crippen LogP contribution is -2.46. The summed E-state index contributed by atoms with van der Waals surface area (Å²) in [5, 5.41) is 3.55. The van der Waals surface area contributed by atoms with Gasteiger partial charge in [-0.05, 0) is 71.7 Å². The number of hydrogen-bond donors (Lipinski definition) is 2. The second-order valence-electron chi connectivity index (χ2n) is 11.1. The van der Waals surface area contributed by atoms with Crippen molar-refractivity contribution in [1.29, 1.82) is 0 Å². The molecule has 0 saturated carbocycles. The highest BCUT2D eigenvalue weighted by Gasteiger charge is 2.46. The third-order valence-electron chi connectivity index (χ3n) is 8.32. The lowest BCUT2D eigenvalue weighted by atomic mass is 9.88. The van der Waals surface area contributed by atoms with Crippen molar-refractivity contribution in [2.75, 3.05) is 26.7 Å². The molecule has 0 spiro atoms. The Labute approximate surface area is 242 Å². The second kappa shape index (κ2) is 12.1. The smallest absolute Gasteiger partial charge is 0.261 e. The van der Waals surface area contributed by atoms with Crippen LogP contribution >= 0.6 is 0 Å². The Hall–Kier alpha value is -4.17. The minimum absolute atomic E-state index is 0.0976. The number of nitrogens with one attached hydrogen (secondary N) is 1. The average Bonchev–Trinajstić information content (AvgIpc) is 3.21. The number of guanidine groups is 1. The molecule has 3 aromatic rings. The molecule has 41 heavy (non-hydrogen) atoms. The van der Waals surface area contributed by atoms with Crippen LogP contribution in [0.1, 0.15) is 43.4 Å². The molecule has 0 aliphatic carbocycles. The summed E-state index contributed by atoms with van der Waals surface area (Å²) in [5.74, 6) is 1.28. The fraction of sp³-hybridized carbons (Fsp3) is 0.364. The van der Waals surface area contributed by atoms with Crippen molar-refractivity contribution < 1.29 is 14.3 Å². The van der Waals surface area contributed by atoms with Crippen LogP contribution in [0, 0.1) is 5.92 Å². The molecule has 2 aliphatic rings. The van der Waals surface area contributed by atoms with Gasteiger partial charge in [-0.3, -0.25) is 14.5 Å². The number of carbonyl (C=O) groups is 2. The van der Waals surface area contributed by atoms with Crippen LogP contribution in [-0.2, 0) is 28.2 Å². The average molecular weight is 554 g/mol. The summed E-state index contributed by atoms with van der Waals surface area (Å²) in [6, 6.07) is 24.4. The van der Waals surface area contributed by atoms with Crippen molar-refractivity contribution in [2.24, 2.45) is 16.6 Å². The highest BCUT2D eigenvalue weighted by Crippen LogP contribution is 2.37. The van der Waals surface area contributed by atoms with E-state index in [9.17, 15) is 9.59 Å². The summed E-state index contributed by atoms with van der Waals surface area (Å²) >= 11 is 0. The number of amides is 2. The van der Waals surface area contributed by atoms with Gasteiger partial charge in [0.2, 0.25) is 5.91 Å². The minimum atomic E-state index is -1.11. The summed E-state index contributed by atoms with van der Waals surface area (Å²) in [6.07, 6.45) is 1.69. The number of nitrogens with zero attached hydrogens (tertiary/aromatic N) is 3. The Morgan fingerprint density at radius 1 is 1.05 bits per heavy atom. The lowest BCUT2D eigenvalue weighted by Gasteiger charge is -2.33. The zero-order chi connectivity index (χ0) is 29.0.